The van der Waals surface area contributed by atoms with Gasteiger partial charge in [-0.05, 0) is 37.3 Å². The van der Waals surface area contributed by atoms with Crippen LogP contribution in [0.25, 0.3) is 0 Å². The van der Waals surface area contributed by atoms with Gasteiger partial charge in [-0.2, -0.15) is 0 Å². The molecule has 0 saturated carbocycles. The molecule has 2 rings (SSSR count). The van der Waals surface area contributed by atoms with Crippen LogP contribution in [0.4, 0.5) is 11.4 Å². The van der Waals surface area contributed by atoms with Crippen LogP contribution in [0.5, 0.6) is 0 Å². The van der Waals surface area contributed by atoms with Crippen molar-refractivity contribution in [3.63, 3.8) is 0 Å². The number of hydrazine groups is 1. The fraction of sp³-hybridized carbons (Fsp3) is 0.0714. The summed E-state index contributed by atoms with van der Waals surface area (Å²) in [6.07, 6.45) is 0. The Kier molecular flexibility index (Phi) is 4.06. The molecule has 0 atom stereocenters. The summed E-state index contributed by atoms with van der Waals surface area (Å²) in [6.45, 7) is 2.00. The van der Waals surface area contributed by atoms with Crippen molar-refractivity contribution >= 4 is 33.2 Å². The largest absolute Gasteiger partial charge is 0.398 e. The summed E-state index contributed by atoms with van der Waals surface area (Å²) in [5, 5.41) is 0. The lowest BCUT2D eigenvalue weighted by molar-refractivity contribution is 0.0963. The molecule has 0 radical (unpaired) electrons. The molecule has 0 aliphatic rings. The number of carbonyl (C=O) groups excluding carboxylic acids is 1. The molecule has 0 bridgehead atoms. The maximum absolute atomic E-state index is 12.0. The zero-order valence-electron chi connectivity index (χ0n) is 10.4. The Morgan fingerprint density at radius 1 is 1.16 bits per heavy atom. The van der Waals surface area contributed by atoms with Crippen molar-refractivity contribution in [3.8, 4) is 0 Å². The number of hydrogen-bond acceptors (Lipinski definition) is 3. The zero-order chi connectivity index (χ0) is 13.8. The molecule has 19 heavy (non-hydrogen) atoms. The van der Waals surface area contributed by atoms with E-state index in [0.717, 1.165) is 15.7 Å². The highest BCUT2D eigenvalue weighted by atomic mass is 79.9. The Morgan fingerprint density at radius 2 is 1.84 bits per heavy atom. The Balaban J connectivity index is 2.05. The van der Waals surface area contributed by atoms with E-state index in [1.54, 1.807) is 18.2 Å². The molecule has 0 aliphatic heterocycles. The van der Waals surface area contributed by atoms with E-state index < -0.39 is 0 Å². The van der Waals surface area contributed by atoms with E-state index in [1.807, 2.05) is 31.2 Å². The first-order chi connectivity index (χ1) is 9.06. The lowest BCUT2D eigenvalue weighted by atomic mass is 10.2. The number of benzene rings is 2. The highest BCUT2D eigenvalue weighted by Crippen LogP contribution is 2.18. The minimum Gasteiger partial charge on any atom is -0.398 e. The summed E-state index contributed by atoms with van der Waals surface area (Å²) < 4.78 is 0.808. The lowest BCUT2D eigenvalue weighted by Gasteiger charge is -2.10. The third kappa shape index (κ3) is 3.48. The van der Waals surface area contributed by atoms with Gasteiger partial charge in [0.25, 0.3) is 5.91 Å². The summed E-state index contributed by atoms with van der Waals surface area (Å²) >= 11 is 3.31. The summed E-state index contributed by atoms with van der Waals surface area (Å²) in [5.74, 6) is -0.278. The second kappa shape index (κ2) is 5.75. The van der Waals surface area contributed by atoms with E-state index in [4.69, 9.17) is 5.73 Å². The van der Waals surface area contributed by atoms with E-state index in [2.05, 4.69) is 26.8 Å². The zero-order valence-corrected chi connectivity index (χ0v) is 12.0. The first-order valence-electron chi connectivity index (χ1n) is 5.74. The van der Waals surface area contributed by atoms with Crippen LogP contribution in [0.3, 0.4) is 0 Å². The molecule has 0 saturated heterocycles. The Bertz CT molecular complexity index is 596. The minimum atomic E-state index is -0.278. The molecule has 0 heterocycles. The first kappa shape index (κ1) is 13.4. The Hall–Kier alpha value is -2.01. The fourth-order valence-corrected chi connectivity index (χ4v) is 1.92. The number of aryl methyl sites for hydroxylation is 1. The Labute approximate surface area is 120 Å². The van der Waals surface area contributed by atoms with Gasteiger partial charge >= 0.3 is 0 Å². The first-order valence-corrected chi connectivity index (χ1v) is 6.53. The second-order valence-corrected chi connectivity index (χ2v) is 5.09. The number of rotatable bonds is 3. The highest BCUT2D eigenvalue weighted by Gasteiger charge is 2.09. The molecule has 4 nitrogen and oxygen atoms in total. The number of carbonyl (C=O) groups is 1. The van der Waals surface area contributed by atoms with Crippen LogP contribution in [0, 0.1) is 6.92 Å². The topological polar surface area (TPSA) is 67.1 Å². The number of nitrogens with one attached hydrogen (secondary N) is 2. The number of nitrogens with two attached hydrogens (primary N) is 1. The average molecular weight is 320 g/mol. The number of halogens is 1. The molecule has 1 amide bonds. The van der Waals surface area contributed by atoms with Crippen LogP contribution in [0.15, 0.2) is 46.9 Å². The van der Waals surface area contributed by atoms with Gasteiger partial charge in [-0.3, -0.25) is 15.6 Å². The van der Waals surface area contributed by atoms with Gasteiger partial charge in [0.1, 0.15) is 0 Å². The van der Waals surface area contributed by atoms with Crippen molar-refractivity contribution < 1.29 is 4.79 Å². The quantitative estimate of drug-likeness (QED) is 0.601. The normalized spacial score (nSPS) is 10.0. The van der Waals surface area contributed by atoms with Crippen molar-refractivity contribution in [2.75, 3.05) is 11.2 Å². The molecule has 0 aromatic heterocycles. The van der Waals surface area contributed by atoms with Gasteiger partial charge < -0.3 is 5.73 Å². The van der Waals surface area contributed by atoms with Crippen molar-refractivity contribution in [2.45, 2.75) is 6.92 Å². The highest BCUT2D eigenvalue weighted by molar-refractivity contribution is 9.10. The average Bonchev–Trinajstić information content (AvgIpc) is 2.40. The molecule has 5 heteroatoms. The third-order valence-corrected chi connectivity index (χ3v) is 3.13. The summed E-state index contributed by atoms with van der Waals surface area (Å²) in [7, 11) is 0. The third-order valence-electron chi connectivity index (χ3n) is 2.63. The van der Waals surface area contributed by atoms with Crippen LogP contribution in [-0.4, -0.2) is 5.91 Å². The standard InChI is InChI=1S/C14H14BrN3O/c1-9-2-5-11(6-3-9)17-18-14(19)12-8-10(15)4-7-13(12)16/h2-8,17H,16H2,1H3,(H,18,19). The lowest BCUT2D eigenvalue weighted by Crippen LogP contribution is -2.29. The van der Waals surface area contributed by atoms with E-state index in [0.29, 0.717) is 11.3 Å². The molecule has 0 spiro atoms. The van der Waals surface area contributed by atoms with Crippen LogP contribution >= 0.6 is 15.9 Å². The van der Waals surface area contributed by atoms with Crippen LogP contribution in [0.1, 0.15) is 15.9 Å². The molecule has 98 valence electrons. The van der Waals surface area contributed by atoms with Crippen molar-refractivity contribution in [3.05, 3.63) is 58.1 Å². The maximum atomic E-state index is 12.0. The molecule has 0 aliphatic carbocycles. The molecular weight excluding hydrogens is 306 g/mol. The van der Waals surface area contributed by atoms with Gasteiger partial charge in [-0.25, -0.2) is 0 Å². The molecule has 0 unspecified atom stereocenters. The van der Waals surface area contributed by atoms with Gasteiger partial charge in [0.15, 0.2) is 0 Å². The summed E-state index contributed by atoms with van der Waals surface area (Å²) in [4.78, 5) is 12.0. The number of amides is 1. The van der Waals surface area contributed by atoms with Gasteiger partial charge in [-0.1, -0.05) is 33.6 Å². The van der Waals surface area contributed by atoms with Crippen LogP contribution in [0.2, 0.25) is 0 Å². The van der Waals surface area contributed by atoms with Gasteiger partial charge in [-0.15, -0.1) is 0 Å². The van der Waals surface area contributed by atoms with Crippen LogP contribution in [-0.2, 0) is 0 Å². The predicted octanol–water partition coefficient (Wildman–Crippen LogP) is 3.10. The second-order valence-electron chi connectivity index (χ2n) is 4.18. The van der Waals surface area contributed by atoms with E-state index >= 15 is 0 Å². The van der Waals surface area contributed by atoms with Crippen LogP contribution < -0.4 is 16.6 Å². The van der Waals surface area contributed by atoms with Gasteiger partial charge in [0, 0.05) is 10.2 Å². The van der Waals surface area contributed by atoms with Crippen molar-refractivity contribution in [2.24, 2.45) is 0 Å². The summed E-state index contributed by atoms with van der Waals surface area (Å²) in [5.41, 5.74) is 14.1. The number of nitrogen functional groups attached to an aromatic ring is 1. The fourth-order valence-electron chi connectivity index (χ4n) is 1.56. The molecule has 2 aromatic rings. The van der Waals surface area contributed by atoms with Crippen molar-refractivity contribution in [1.82, 2.24) is 5.43 Å². The molecular formula is C14H14BrN3O. The molecule has 0 fully saturated rings. The number of hydrogen-bond donors (Lipinski definition) is 3. The van der Waals surface area contributed by atoms with E-state index in [9.17, 15) is 4.79 Å². The minimum absolute atomic E-state index is 0.278. The number of anilines is 2. The molecule has 4 N–H and O–H groups in total. The summed E-state index contributed by atoms with van der Waals surface area (Å²) in [6, 6.07) is 12.9. The SMILES string of the molecule is Cc1ccc(NNC(=O)c2cc(Br)ccc2N)cc1. The molecule has 2 aromatic carbocycles. The van der Waals surface area contributed by atoms with E-state index in [1.165, 1.54) is 0 Å². The van der Waals surface area contributed by atoms with Gasteiger partial charge in [0.05, 0.1) is 11.3 Å². The predicted molar refractivity (Wildman–Crippen MR) is 80.8 cm³/mol. The maximum Gasteiger partial charge on any atom is 0.271 e. The Morgan fingerprint density at radius 3 is 2.53 bits per heavy atom. The monoisotopic (exact) mass is 319 g/mol. The van der Waals surface area contributed by atoms with Crippen molar-refractivity contribution in [1.29, 1.82) is 0 Å². The van der Waals surface area contributed by atoms with E-state index in [-0.39, 0.29) is 5.91 Å². The smallest absolute Gasteiger partial charge is 0.271 e. The van der Waals surface area contributed by atoms with Gasteiger partial charge in [0.2, 0.25) is 0 Å².